The second-order valence-corrected chi connectivity index (χ2v) is 11.4. The standard InChI is InChI=1S/C31H31FN4O5/c32-25-12-18(11-19-1-4-26(33-29(19)25)20-8-10-40-17-20)14-35-9-7-23(16-35)41-22-2-3-24-21(13-22)15-36(31(24)39)27-5-6-28(37)34-30(27)38/h1-4,11-13,20,23,27H,5-10,14-17H2,(H,34,37,38)/t20-,23+,27+/m1/s1. The Morgan fingerprint density at radius 1 is 1.07 bits per heavy atom. The third-order valence-electron chi connectivity index (χ3n) is 8.61. The molecule has 0 radical (unpaired) electrons. The Kier molecular flexibility index (Phi) is 6.67. The highest BCUT2D eigenvalue weighted by atomic mass is 19.1. The topological polar surface area (TPSA) is 101 Å². The third kappa shape index (κ3) is 5.06. The maximum Gasteiger partial charge on any atom is 0.255 e. The molecule has 4 aliphatic heterocycles. The Morgan fingerprint density at radius 3 is 2.80 bits per heavy atom. The average molecular weight is 559 g/mol. The lowest BCUT2D eigenvalue weighted by atomic mass is 10.0. The molecule has 3 atom stereocenters. The first-order valence-corrected chi connectivity index (χ1v) is 14.2. The lowest BCUT2D eigenvalue weighted by molar-refractivity contribution is -0.136. The third-order valence-corrected chi connectivity index (χ3v) is 8.61. The van der Waals surface area contributed by atoms with E-state index < -0.39 is 11.9 Å². The molecule has 3 saturated heterocycles. The smallest absolute Gasteiger partial charge is 0.255 e. The maximum atomic E-state index is 15.1. The molecule has 0 spiro atoms. The molecule has 0 saturated carbocycles. The second-order valence-electron chi connectivity index (χ2n) is 11.4. The predicted molar refractivity (Wildman–Crippen MR) is 147 cm³/mol. The number of hydrogen-bond acceptors (Lipinski definition) is 7. The maximum absolute atomic E-state index is 15.1. The van der Waals surface area contributed by atoms with Gasteiger partial charge >= 0.3 is 0 Å². The summed E-state index contributed by atoms with van der Waals surface area (Å²) in [5, 5.41) is 3.13. The lowest BCUT2D eigenvalue weighted by Gasteiger charge is -2.29. The van der Waals surface area contributed by atoms with E-state index in [2.05, 4.69) is 15.2 Å². The molecular formula is C31H31FN4O5. The van der Waals surface area contributed by atoms with Crippen LogP contribution in [0.3, 0.4) is 0 Å². The molecule has 10 heteroatoms. The van der Waals surface area contributed by atoms with Crippen LogP contribution in [-0.4, -0.2) is 71.0 Å². The number of likely N-dealkylation sites (tertiary alicyclic amines) is 1. The van der Waals surface area contributed by atoms with Crippen molar-refractivity contribution in [1.29, 1.82) is 0 Å². The van der Waals surface area contributed by atoms with Crippen molar-refractivity contribution in [3.8, 4) is 5.75 Å². The first kappa shape index (κ1) is 26.0. The van der Waals surface area contributed by atoms with Gasteiger partial charge in [0.2, 0.25) is 11.8 Å². The minimum atomic E-state index is -0.639. The molecule has 3 amide bonds. The highest BCUT2D eigenvalue weighted by molar-refractivity contribution is 6.05. The molecule has 0 aliphatic carbocycles. The number of rotatable bonds is 6. The zero-order chi connectivity index (χ0) is 28.1. The van der Waals surface area contributed by atoms with Gasteiger partial charge in [-0.3, -0.25) is 24.6 Å². The summed E-state index contributed by atoms with van der Waals surface area (Å²) in [7, 11) is 0. The van der Waals surface area contributed by atoms with Gasteiger partial charge in [0.05, 0.1) is 6.61 Å². The number of imide groups is 1. The fraction of sp³-hybridized carbons (Fsp3) is 0.419. The minimum absolute atomic E-state index is 0.0282. The van der Waals surface area contributed by atoms with Crippen molar-refractivity contribution in [2.45, 2.75) is 56.8 Å². The van der Waals surface area contributed by atoms with E-state index in [1.54, 1.807) is 18.2 Å². The summed E-state index contributed by atoms with van der Waals surface area (Å²) in [6.45, 7) is 3.83. The first-order valence-electron chi connectivity index (χ1n) is 14.2. The van der Waals surface area contributed by atoms with Crippen molar-refractivity contribution in [3.63, 3.8) is 0 Å². The molecule has 3 fully saturated rings. The van der Waals surface area contributed by atoms with Crippen LogP contribution in [0.4, 0.5) is 4.39 Å². The number of benzene rings is 2. The molecule has 3 aromatic rings. The van der Waals surface area contributed by atoms with Gasteiger partial charge in [0.1, 0.15) is 29.2 Å². The van der Waals surface area contributed by atoms with E-state index in [9.17, 15) is 14.4 Å². The van der Waals surface area contributed by atoms with Crippen LogP contribution in [0, 0.1) is 5.82 Å². The number of aromatic nitrogens is 1. The van der Waals surface area contributed by atoms with E-state index in [-0.39, 0.29) is 36.1 Å². The summed E-state index contributed by atoms with van der Waals surface area (Å²) >= 11 is 0. The number of piperidine rings is 1. The van der Waals surface area contributed by atoms with Crippen molar-refractivity contribution in [1.82, 2.24) is 20.1 Å². The normalized spacial score (nSPS) is 24.8. The number of pyridine rings is 1. The molecule has 7 rings (SSSR count). The van der Waals surface area contributed by atoms with Gasteiger partial charge in [-0.15, -0.1) is 0 Å². The number of amides is 3. The van der Waals surface area contributed by atoms with Crippen LogP contribution in [0.15, 0.2) is 42.5 Å². The molecule has 0 unspecified atom stereocenters. The van der Waals surface area contributed by atoms with Gasteiger partial charge in [0.25, 0.3) is 5.91 Å². The van der Waals surface area contributed by atoms with Crippen LogP contribution in [-0.2, 0) is 27.4 Å². The molecule has 212 valence electrons. The van der Waals surface area contributed by atoms with E-state index in [0.717, 1.165) is 48.2 Å². The zero-order valence-corrected chi connectivity index (χ0v) is 22.6. The molecule has 0 bridgehead atoms. The van der Waals surface area contributed by atoms with E-state index in [0.29, 0.717) is 49.5 Å². The second kappa shape index (κ2) is 10.5. The first-order chi connectivity index (χ1) is 19.9. The minimum Gasteiger partial charge on any atom is -0.489 e. The fourth-order valence-electron chi connectivity index (χ4n) is 6.46. The fourth-order valence-corrected chi connectivity index (χ4v) is 6.46. The van der Waals surface area contributed by atoms with Crippen LogP contribution < -0.4 is 10.1 Å². The monoisotopic (exact) mass is 558 g/mol. The van der Waals surface area contributed by atoms with Crippen LogP contribution in [0.2, 0.25) is 0 Å². The van der Waals surface area contributed by atoms with E-state index in [1.165, 1.54) is 4.90 Å². The molecule has 4 aliphatic rings. The van der Waals surface area contributed by atoms with Crippen molar-refractivity contribution < 1.29 is 28.2 Å². The highest BCUT2D eigenvalue weighted by Crippen LogP contribution is 2.32. The van der Waals surface area contributed by atoms with Crippen molar-refractivity contribution in [3.05, 3.63) is 70.7 Å². The van der Waals surface area contributed by atoms with Gasteiger partial charge in [-0.05, 0) is 66.8 Å². The molecular weight excluding hydrogens is 527 g/mol. The Labute approximate surface area is 236 Å². The van der Waals surface area contributed by atoms with Crippen LogP contribution in [0.1, 0.15) is 58.8 Å². The average Bonchev–Trinajstić information content (AvgIpc) is 3.70. The summed E-state index contributed by atoms with van der Waals surface area (Å²) in [6.07, 6.45) is 2.28. The summed E-state index contributed by atoms with van der Waals surface area (Å²) < 4.78 is 26.8. The number of fused-ring (bicyclic) bond motifs is 2. The van der Waals surface area contributed by atoms with Gasteiger partial charge in [-0.2, -0.15) is 0 Å². The number of hydrogen-bond donors (Lipinski definition) is 1. The Balaban J connectivity index is 0.981. The van der Waals surface area contributed by atoms with Crippen molar-refractivity contribution in [2.24, 2.45) is 0 Å². The van der Waals surface area contributed by atoms with Crippen LogP contribution in [0.5, 0.6) is 5.75 Å². The number of carbonyl (C=O) groups excluding carboxylic acids is 3. The Bertz CT molecular complexity index is 1550. The molecule has 9 nitrogen and oxygen atoms in total. The Morgan fingerprint density at radius 2 is 1.98 bits per heavy atom. The van der Waals surface area contributed by atoms with Crippen molar-refractivity contribution >= 4 is 28.6 Å². The molecule has 1 N–H and O–H groups in total. The highest BCUT2D eigenvalue weighted by Gasteiger charge is 2.39. The molecule has 1 aromatic heterocycles. The molecule has 5 heterocycles. The van der Waals surface area contributed by atoms with Gasteiger partial charge in [0.15, 0.2) is 0 Å². The predicted octanol–water partition coefficient (Wildman–Crippen LogP) is 3.29. The summed E-state index contributed by atoms with van der Waals surface area (Å²) in [5.74, 6) is -0.311. The molecule has 41 heavy (non-hydrogen) atoms. The number of nitrogens with one attached hydrogen (secondary N) is 1. The van der Waals surface area contributed by atoms with Crippen LogP contribution in [0.25, 0.3) is 10.9 Å². The summed E-state index contributed by atoms with van der Waals surface area (Å²) in [5.41, 5.74) is 3.58. The van der Waals surface area contributed by atoms with E-state index in [1.807, 2.05) is 24.3 Å². The van der Waals surface area contributed by atoms with Gasteiger partial charge < -0.3 is 14.4 Å². The van der Waals surface area contributed by atoms with Crippen molar-refractivity contribution in [2.75, 3.05) is 26.3 Å². The molecule has 2 aromatic carbocycles. The van der Waals surface area contributed by atoms with Gasteiger partial charge in [-0.1, -0.05) is 6.07 Å². The Hall–Kier alpha value is -3.89. The van der Waals surface area contributed by atoms with Gasteiger partial charge in [-0.25, -0.2) is 9.37 Å². The quantitative estimate of drug-likeness (QED) is 0.464. The van der Waals surface area contributed by atoms with E-state index in [4.69, 9.17) is 9.47 Å². The lowest BCUT2D eigenvalue weighted by Crippen LogP contribution is -2.52. The van der Waals surface area contributed by atoms with Crippen LogP contribution >= 0.6 is 0 Å². The largest absolute Gasteiger partial charge is 0.489 e. The zero-order valence-electron chi connectivity index (χ0n) is 22.6. The SMILES string of the molecule is O=C1CC[C@H](N2Cc3cc(O[C@H]4CCN(Cc5cc(F)c6nc([C@@H]7CCOC7)ccc6c5)C4)ccc3C2=O)C(=O)N1. The number of carbonyl (C=O) groups is 3. The number of halogens is 1. The summed E-state index contributed by atoms with van der Waals surface area (Å²) in [6, 6.07) is 12.3. The summed E-state index contributed by atoms with van der Waals surface area (Å²) in [4.78, 5) is 45.2. The number of nitrogens with zero attached hydrogens (tertiary/aromatic N) is 3. The number of ether oxygens (including phenoxy) is 2. The van der Waals surface area contributed by atoms with Gasteiger partial charge in [0, 0.05) is 61.8 Å². The van der Waals surface area contributed by atoms with E-state index >= 15 is 4.39 Å².